The van der Waals surface area contributed by atoms with Crippen molar-refractivity contribution in [3.63, 3.8) is 0 Å². The third kappa shape index (κ3) is 8.19. The second-order valence-corrected chi connectivity index (χ2v) is 13.5. The summed E-state index contributed by atoms with van der Waals surface area (Å²) in [5, 5.41) is 7.14. The summed E-state index contributed by atoms with van der Waals surface area (Å²) in [6, 6.07) is 7.51. The van der Waals surface area contributed by atoms with Crippen LogP contribution in [0.15, 0.2) is 42.7 Å². The number of hydrogen-bond acceptors (Lipinski definition) is 7. The quantitative estimate of drug-likeness (QED) is 0.197. The number of amides is 3. The zero-order chi connectivity index (χ0) is 37.7. The summed E-state index contributed by atoms with van der Waals surface area (Å²) in [5.74, 6) is -3.05. The van der Waals surface area contributed by atoms with Gasteiger partial charge < -0.3 is 29.3 Å². The molecule has 0 unspecified atom stereocenters. The van der Waals surface area contributed by atoms with Crippen LogP contribution in [0.4, 0.5) is 14.5 Å². The normalized spacial score (nSPS) is 13.5. The van der Waals surface area contributed by atoms with Crippen molar-refractivity contribution >= 4 is 35.0 Å². The van der Waals surface area contributed by atoms with Gasteiger partial charge in [-0.2, -0.15) is 5.10 Å². The first kappa shape index (κ1) is 38.6. The number of halogens is 3. The zero-order valence-corrected chi connectivity index (χ0v) is 31.1. The standard InChI is InChI=1S/C37H45ClF2N8O4/c1-7-46(17-16-44(3)4)36(50)24-12-14-47(15-13-24)37(51)27-9-8-25(20-30(27)38)43-35(49)34-41-22-31(45(34)5)28-11-10-26(32(39)33(28)40)29-21-42-48(23(29)2)18-19-52-6/h8-11,20-22,24H,7,12-19H2,1-6H3,(H,43,49). The molecule has 1 aliphatic rings. The largest absolute Gasteiger partial charge is 0.383 e. The van der Waals surface area contributed by atoms with Crippen LogP contribution in [0.5, 0.6) is 0 Å². The number of imidazole rings is 1. The summed E-state index contributed by atoms with van der Waals surface area (Å²) in [7, 11) is 7.05. The third-order valence-corrected chi connectivity index (χ3v) is 9.86. The summed E-state index contributed by atoms with van der Waals surface area (Å²) in [6.07, 6.45) is 3.93. The Morgan fingerprint density at radius 2 is 1.71 bits per heavy atom. The Kier molecular flexibility index (Phi) is 12.4. The lowest BCUT2D eigenvalue weighted by atomic mass is 9.94. The molecule has 2 aromatic carbocycles. The van der Waals surface area contributed by atoms with Gasteiger partial charge in [0, 0.05) is 80.9 Å². The molecule has 1 saturated heterocycles. The fourth-order valence-corrected chi connectivity index (χ4v) is 6.66. The highest BCUT2D eigenvalue weighted by atomic mass is 35.5. The maximum Gasteiger partial charge on any atom is 0.291 e. The van der Waals surface area contributed by atoms with E-state index >= 15 is 8.78 Å². The molecule has 0 saturated carbocycles. The number of ether oxygens (including phenoxy) is 1. The lowest BCUT2D eigenvalue weighted by Gasteiger charge is -2.34. The van der Waals surface area contributed by atoms with E-state index in [1.165, 1.54) is 42.2 Å². The van der Waals surface area contributed by atoms with E-state index in [4.69, 9.17) is 16.3 Å². The molecule has 1 fully saturated rings. The summed E-state index contributed by atoms with van der Waals surface area (Å²) in [6.45, 7) is 7.60. The van der Waals surface area contributed by atoms with Crippen molar-refractivity contribution < 1.29 is 27.9 Å². The monoisotopic (exact) mass is 738 g/mol. The number of hydrogen-bond donors (Lipinski definition) is 1. The summed E-state index contributed by atoms with van der Waals surface area (Å²) in [5.41, 5.74) is 1.93. The molecule has 0 atom stereocenters. The minimum atomic E-state index is -1.08. The Balaban J connectivity index is 1.23. The molecule has 4 aromatic rings. The number of nitrogens with zero attached hydrogens (tertiary/aromatic N) is 7. The molecule has 0 bridgehead atoms. The van der Waals surface area contributed by atoms with E-state index in [2.05, 4.69) is 15.4 Å². The molecule has 278 valence electrons. The smallest absolute Gasteiger partial charge is 0.291 e. The average molecular weight is 739 g/mol. The van der Waals surface area contributed by atoms with Crippen molar-refractivity contribution in [2.24, 2.45) is 13.0 Å². The number of likely N-dealkylation sites (tertiary alicyclic amines) is 1. The van der Waals surface area contributed by atoms with Crippen molar-refractivity contribution in [2.75, 3.05) is 65.9 Å². The first-order valence-electron chi connectivity index (χ1n) is 17.2. The molecule has 2 aromatic heterocycles. The van der Waals surface area contributed by atoms with E-state index in [9.17, 15) is 14.4 Å². The molecule has 1 N–H and O–H groups in total. The van der Waals surface area contributed by atoms with Gasteiger partial charge in [-0.15, -0.1) is 0 Å². The van der Waals surface area contributed by atoms with Crippen LogP contribution in [0.1, 0.15) is 46.4 Å². The highest BCUT2D eigenvalue weighted by Gasteiger charge is 2.31. The number of piperidine rings is 1. The van der Waals surface area contributed by atoms with Crippen LogP contribution in [-0.4, -0.2) is 112 Å². The van der Waals surface area contributed by atoms with Crippen LogP contribution in [0.2, 0.25) is 5.02 Å². The number of methoxy groups -OCH3 is 1. The Morgan fingerprint density at radius 3 is 2.37 bits per heavy atom. The molecule has 3 heterocycles. The van der Waals surface area contributed by atoms with Crippen molar-refractivity contribution in [1.82, 2.24) is 34.0 Å². The predicted octanol–water partition coefficient (Wildman–Crippen LogP) is 5.35. The predicted molar refractivity (Wildman–Crippen MR) is 195 cm³/mol. The summed E-state index contributed by atoms with van der Waals surface area (Å²) >= 11 is 6.54. The zero-order valence-electron chi connectivity index (χ0n) is 30.4. The van der Waals surface area contributed by atoms with Crippen LogP contribution in [0.3, 0.4) is 0 Å². The molecule has 5 rings (SSSR count). The number of aromatic nitrogens is 4. The maximum atomic E-state index is 15.5. The second kappa shape index (κ2) is 16.8. The van der Waals surface area contributed by atoms with Crippen molar-refractivity contribution in [3.05, 3.63) is 76.5 Å². The Morgan fingerprint density at radius 1 is 1.02 bits per heavy atom. The molecule has 52 heavy (non-hydrogen) atoms. The van der Waals surface area contributed by atoms with Crippen LogP contribution in [0.25, 0.3) is 22.4 Å². The number of rotatable bonds is 13. The van der Waals surface area contributed by atoms with E-state index < -0.39 is 17.5 Å². The number of anilines is 1. The van der Waals surface area contributed by atoms with Gasteiger partial charge in [-0.05, 0) is 65.0 Å². The van der Waals surface area contributed by atoms with Crippen LogP contribution in [-0.2, 0) is 23.1 Å². The van der Waals surface area contributed by atoms with E-state index in [0.29, 0.717) is 69.1 Å². The van der Waals surface area contributed by atoms with Gasteiger partial charge in [0.2, 0.25) is 5.91 Å². The fourth-order valence-electron chi connectivity index (χ4n) is 6.40. The van der Waals surface area contributed by atoms with Gasteiger partial charge >= 0.3 is 0 Å². The van der Waals surface area contributed by atoms with E-state index in [-0.39, 0.29) is 51.0 Å². The van der Waals surface area contributed by atoms with Gasteiger partial charge in [0.25, 0.3) is 11.8 Å². The summed E-state index contributed by atoms with van der Waals surface area (Å²) in [4.78, 5) is 49.5. The maximum absolute atomic E-state index is 15.5. The number of nitrogens with one attached hydrogen (secondary N) is 1. The second-order valence-electron chi connectivity index (χ2n) is 13.1. The molecule has 0 radical (unpaired) electrons. The van der Waals surface area contributed by atoms with Gasteiger partial charge in [0.1, 0.15) is 0 Å². The minimum Gasteiger partial charge on any atom is -0.383 e. The molecule has 0 aliphatic carbocycles. The van der Waals surface area contributed by atoms with Crippen LogP contribution in [0, 0.1) is 24.5 Å². The number of carbonyl (C=O) groups excluding carboxylic acids is 3. The molecule has 0 spiro atoms. The SMILES string of the molecule is CCN(CCN(C)C)C(=O)C1CCN(C(=O)c2ccc(NC(=O)c3ncc(-c4ccc(-c5cnn(CCOC)c5C)c(F)c4F)n3C)cc2Cl)CC1. The molecule has 12 nitrogen and oxygen atoms in total. The minimum absolute atomic E-state index is 0.0498. The fraction of sp³-hybridized carbons (Fsp3) is 0.432. The topological polar surface area (TPSA) is 118 Å². The van der Waals surface area contributed by atoms with Gasteiger partial charge in [-0.1, -0.05) is 17.7 Å². The Labute approximate surface area is 307 Å². The van der Waals surface area contributed by atoms with Crippen molar-refractivity contribution in [2.45, 2.75) is 33.2 Å². The third-order valence-electron chi connectivity index (χ3n) is 9.55. The van der Waals surface area contributed by atoms with Crippen LogP contribution >= 0.6 is 11.6 Å². The summed E-state index contributed by atoms with van der Waals surface area (Å²) < 4.78 is 39.1. The van der Waals surface area contributed by atoms with Gasteiger partial charge in [0.15, 0.2) is 17.5 Å². The highest BCUT2D eigenvalue weighted by Crippen LogP contribution is 2.33. The molecule has 3 amide bonds. The van der Waals surface area contributed by atoms with Crippen LogP contribution < -0.4 is 5.32 Å². The van der Waals surface area contributed by atoms with Crippen molar-refractivity contribution in [3.8, 4) is 22.4 Å². The van der Waals surface area contributed by atoms with Gasteiger partial charge in [-0.25, -0.2) is 13.8 Å². The first-order valence-corrected chi connectivity index (χ1v) is 17.6. The van der Waals surface area contributed by atoms with Crippen molar-refractivity contribution in [1.29, 1.82) is 0 Å². The van der Waals surface area contributed by atoms with Gasteiger partial charge in [-0.3, -0.25) is 19.1 Å². The Bertz CT molecular complexity index is 1940. The lowest BCUT2D eigenvalue weighted by Crippen LogP contribution is -2.45. The molecular formula is C37H45ClF2N8O4. The van der Waals surface area contributed by atoms with Gasteiger partial charge in [0.05, 0.1) is 41.8 Å². The van der Waals surface area contributed by atoms with E-state index in [1.807, 2.05) is 30.8 Å². The average Bonchev–Trinajstić information content (AvgIpc) is 3.69. The number of likely N-dealkylation sites (N-methyl/N-ethyl adjacent to an activating group) is 2. The lowest BCUT2D eigenvalue weighted by molar-refractivity contribution is -0.136. The highest BCUT2D eigenvalue weighted by molar-refractivity contribution is 6.34. The number of benzene rings is 2. The van der Waals surface area contributed by atoms with E-state index in [1.54, 1.807) is 35.7 Å². The molecular weight excluding hydrogens is 694 g/mol. The molecule has 1 aliphatic heterocycles. The Hall–Kier alpha value is -4.66. The van der Waals surface area contributed by atoms with E-state index in [0.717, 1.165) is 6.54 Å². The number of carbonyl (C=O) groups is 3. The molecule has 15 heteroatoms. The first-order chi connectivity index (χ1) is 24.9.